The Bertz CT molecular complexity index is 1780. The second kappa shape index (κ2) is 62.8. The Morgan fingerprint density at radius 1 is 0.297 bits per heavy atom. The molecule has 0 rings (SSSR count). The molecule has 540 valence electrons. The van der Waals surface area contributed by atoms with Gasteiger partial charge in [0.15, 0.2) is 12.2 Å². The number of phosphoric ester groups is 2. The van der Waals surface area contributed by atoms with Crippen molar-refractivity contribution in [3.63, 3.8) is 0 Å². The topological polar surface area (TPSA) is 237 Å². The number of carbonyl (C=O) groups is 4. The maximum Gasteiger partial charge on any atom is 0.472 e. The molecule has 91 heavy (non-hydrogen) atoms. The van der Waals surface area contributed by atoms with Crippen LogP contribution in [0.4, 0.5) is 0 Å². The van der Waals surface area contributed by atoms with E-state index in [0.29, 0.717) is 25.7 Å². The van der Waals surface area contributed by atoms with Crippen molar-refractivity contribution >= 4 is 39.5 Å². The Morgan fingerprint density at radius 3 is 0.747 bits per heavy atom. The second-order valence-corrected chi connectivity index (χ2v) is 30.3. The van der Waals surface area contributed by atoms with E-state index in [4.69, 9.17) is 37.0 Å². The van der Waals surface area contributed by atoms with Gasteiger partial charge in [0.1, 0.15) is 19.3 Å². The quantitative estimate of drug-likeness (QED) is 0.0222. The highest BCUT2D eigenvalue weighted by atomic mass is 31.2. The lowest BCUT2D eigenvalue weighted by molar-refractivity contribution is -0.161. The number of hydrogen-bond acceptors (Lipinski definition) is 15. The summed E-state index contributed by atoms with van der Waals surface area (Å²) in [5.74, 6) is 0.170. The molecular formula is C72H140O17P2. The first-order valence-electron chi connectivity index (χ1n) is 37.3. The standard InChI is InChI=1S/C72H140O17P2/c1-8-9-10-11-12-22-32-39-46-53-69(74)82-59-67(89-72(77)56-49-42-35-28-21-25-31-38-45-52-65(6)7)61-86-90(78,79)84-57-66(73)58-85-91(80,81)87-62-68(60-83-70(75)54-47-40-33-26-20-16-18-24-30-37-44-51-64(4)5)88-71(76)55-48-41-34-27-19-15-13-14-17-23-29-36-43-50-63(2)3/h63-68,73H,8-62H2,1-7H3,(H,78,79)(H,80,81)/t66-,67+,68+/m0/s1. The minimum Gasteiger partial charge on any atom is -0.462 e. The summed E-state index contributed by atoms with van der Waals surface area (Å²) in [4.78, 5) is 72.6. The fraction of sp³-hybridized carbons (Fsp3) is 0.944. The van der Waals surface area contributed by atoms with Crippen LogP contribution in [0.5, 0.6) is 0 Å². The van der Waals surface area contributed by atoms with E-state index in [2.05, 4.69) is 48.5 Å². The van der Waals surface area contributed by atoms with Gasteiger partial charge < -0.3 is 33.8 Å². The summed E-state index contributed by atoms with van der Waals surface area (Å²) in [6, 6.07) is 0. The highest BCUT2D eigenvalue weighted by molar-refractivity contribution is 7.47. The Labute approximate surface area is 556 Å². The number of ether oxygens (including phenoxy) is 4. The predicted molar refractivity (Wildman–Crippen MR) is 368 cm³/mol. The monoisotopic (exact) mass is 1340 g/mol. The Hall–Kier alpha value is -1.94. The third-order valence-electron chi connectivity index (χ3n) is 16.6. The van der Waals surface area contributed by atoms with Gasteiger partial charge in [-0.3, -0.25) is 37.3 Å². The molecule has 0 amide bonds. The van der Waals surface area contributed by atoms with Gasteiger partial charge in [-0.1, -0.05) is 312 Å². The van der Waals surface area contributed by atoms with Gasteiger partial charge >= 0.3 is 39.5 Å². The molecule has 0 radical (unpaired) electrons. The van der Waals surface area contributed by atoms with Crippen LogP contribution >= 0.6 is 15.6 Å². The van der Waals surface area contributed by atoms with E-state index in [9.17, 15) is 43.2 Å². The van der Waals surface area contributed by atoms with Crippen LogP contribution in [0.15, 0.2) is 0 Å². The van der Waals surface area contributed by atoms with Crippen molar-refractivity contribution < 1.29 is 80.2 Å². The lowest BCUT2D eigenvalue weighted by Gasteiger charge is -2.21. The van der Waals surface area contributed by atoms with E-state index in [-0.39, 0.29) is 25.7 Å². The fourth-order valence-electron chi connectivity index (χ4n) is 10.9. The maximum absolute atomic E-state index is 13.0. The molecule has 0 saturated heterocycles. The third-order valence-corrected chi connectivity index (χ3v) is 18.5. The Morgan fingerprint density at radius 2 is 0.505 bits per heavy atom. The van der Waals surface area contributed by atoms with Crippen LogP contribution in [0.25, 0.3) is 0 Å². The molecule has 5 atom stereocenters. The number of rotatable bonds is 70. The summed E-state index contributed by atoms with van der Waals surface area (Å²) in [6.07, 6.45) is 47.1. The maximum atomic E-state index is 13.0. The van der Waals surface area contributed by atoms with Crippen LogP contribution in [0, 0.1) is 17.8 Å². The molecule has 0 heterocycles. The molecule has 0 aliphatic carbocycles. The molecule has 0 aliphatic heterocycles. The highest BCUT2D eigenvalue weighted by Gasteiger charge is 2.30. The van der Waals surface area contributed by atoms with Gasteiger partial charge in [-0.15, -0.1) is 0 Å². The number of aliphatic hydroxyl groups excluding tert-OH is 1. The molecule has 2 unspecified atom stereocenters. The van der Waals surface area contributed by atoms with Crippen LogP contribution in [0.3, 0.4) is 0 Å². The lowest BCUT2D eigenvalue weighted by Crippen LogP contribution is -2.30. The Balaban J connectivity index is 5.24. The molecule has 17 nitrogen and oxygen atoms in total. The zero-order valence-electron chi connectivity index (χ0n) is 59.3. The Kier molecular flexibility index (Phi) is 61.5. The zero-order chi connectivity index (χ0) is 67.3. The third kappa shape index (κ3) is 66.5. The van der Waals surface area contributed by atoms with Gasteiger partial charge in [-0.05, 0) is 43.4 Å². The van der Waals surface area contributed by atoms with E-state index in [1.165, 1.54) is 173 Å². The molecule has 0 saturated carbocycles. The lowest BCUT2D eigenvalue weighted by atomic mass is 10.0. The van der Waals surface area contributed by atoms with Crippen LogP contribution in [-0.4, -0.2) is 96.7 Å². The van der Waals surface area contributed by atoms with Crippen molar-refractivity contribution in [1.82, 2.24) is 0 Å². The molecular weight excluding hydrogens is 1200 g/mol. The van der Waals surface area contributed by atoms with Crippen molar-refractivity contribution in [2.75, 3.05) is 39.6 Å². The number of carbonyl (C=O) groups excluding carboxylic acids is 4. The van der Waals surface area contributed by atoms with Crippen LogP contribution in [0.2, 0.25) is 0 Å². The molecule has 0 aliphatic rings. The highest BCUT2D eigenvalue weighted by Crippen LogP contribution is 2.45. The predicted octanol–water partition coefficient (Wildman–Crippen LogP) is 20.6. The van der Waals surface area contributed by atoms with Gasteiger partial charge in [0.05, 0.1) is 26.4 Å². The van der Waals surface area contributed by atoms with Gasteiger partial charge in [-0.25, -0.2) is 9.13 Å². The molecule has 0 fully saturated rings. The van der Waals surface area contributed by atoms with Gasteiger partial charge in [0.25, 0.3) is 0 Å². The first-order valence-corrected chi connectivity index (χ1v) is 40.3. The van der Waals surface area contributed by atoms with E-state index in [0.717, 1.165) is 108 Å². The van der Waals surface area contributed by atoms with Gasteiger partial charge in [0, 0.05) is 25.7 Å². The summed E-state index contributed by atoms with van der Waals surface area (Å²) in [7, 11) is -9.90. The summed E-state index contributed by atoms with van der Waals surface area (Å²) in [5, 5.41) is 10.6. The average molecular weight is 1340 g/mol. The summed E-state index contributed by atoms with van der Waals surface area (Å²) in [6.45, 7) is 11.8. The van der Waals surface area contributed by atoms with Crippen LogP contribution in [0.1, 0.15) is 363 Å². The van der Waals surface area contributed by atoms with E-state index >= 15 is 0 Å². The summed E-state index contributed by atoms with van der Waals surface area (Å²) < 4.78 is 68.3. The van der Waals surface area contributed by atoms with Crippen molar-refractivity contribution in [3.05, 3.63) is 0 Å². The molecule has 19 heteroatoms. The molecule has 0 aromatic heterocycles. The van der Waals surface area contributed by atoms with Gasteiger partial charge in [-0.2, -0.15) is 0 Å². The largest absolute Gasteiger partial charge is 0.472 e. The molecule has 0 spiro atoms. The second-order valence-electron chi connectivity index (χ2n) is 27.4. The van der Waals surface area contributed by atoms with Crippen molar-refractivity contribution in [2.45, 2.75) is 381 Å². The molecule has 0 aromatic carbocycles. The number of aliphatic hydroxyl groups is 1. The van der Waals surface area contributed by atoms with Gasteiger partial charge in [0.2, 0.25) is 0 Å². The van der Waals surface area contributed by atoms with E-state index in [1.807, 2.05) is 0 Å². The van der Waals surface area contributed by atoms with E-state index in [1.54, 1.807) is 0 Å². The van der Waals surface area contributed by atoms with Crippen molar-refractivity contribution in [2.24, 2.45) is 17.8 Å². The minimum absolute atomic E-state index is 0.105. The first-order chi connectivity index (χ1) is 43.7. The van der Waals surface area contributed by atoms with Crippen LogP contribution < -0.4 is 0 Å². The molecule has 0 bridgehead atoms. The van der Waals surface area contributed by atoms with E-state index < -0.39 is 97.5 Å². The smallest absolute Gasteiger partial charge is 0.462 e. The van der Waals surface area contributed by atoms with Crippen molar-refractivity contribution in [3.8, 4) is 0 Å². The zero-order valence-corrected chi connectivity index (χ0v) is 61.1. The SMILES string of the molecule is CCCCCCCCCCCC(=O)OC[C@H](COP(=O)(O)OC[C@H](O)COP(=O)(O)OC[C@@H](COC(=O)CCCCCCCCCCCCCC(C)C)OC(=O)CCCCCCCCCCCCCCCC(C)C)OC(=O)CCCCCCCCCCCC(C)C. The summed E-state index contributed by atoms with van der Waals surface area (Å²) in [5.41, 5.74) is 0. The molecule has 0 aromatic rings. The molecule has 3 N–H and O–H groups in total. The average Bonchev–Trinajstić information content (AvgIpc) is 3.53. The number of esters is 4. The number of unbranched alkanes of at least 4 members (excludes halogenated alkanes) is 38. The van der Waals surface area contributed by atoms with Crippen molar-refractivity contribution in [1.29, 1.82) is 0 Å². The number of phosphoric acid groups is 2. The number of hydrogen-bond donors (Lipinski definition) is 3. The normalized spacial score (nSPS) is 14.2. The fourth-order valence-corrected chi connectivity index (χ4v) is 12.5. The summed E-state index contributed by atoms with van der Waals surface area (Å²) >= 11 is 0. The first kappa shape index (κ1) is 89.1. The minimum atomic E-state index is -4.95. The van der Waals surface area contributed by atoms with Crippen LogP contribution in [-0.2, 0) is 65.4 Å².